The maximum absolute atomic E-state index is 13.2. The Hall–Kier alpha value is -3.94. The molecule has 4 aromatic rings. The molecule has 0 saturated heterocycles. The molecule has 11 nitrogen and oxygen atoms in total. The normalized spacial score (nSPS) is 16.0. The second-order valence-electron chi connectivity index (χ2n) is 7.25. The van der Waals surface area contributed by atoms with Crippen molar-refractivity contribution in [1.29, 1.82) is 0 Å². The molecule has 1 N–H and O–H groups in total. The number of nitrogens with zero attached hydrogens (tertiary/aromatic N) is 2. The van der Waals surface area contributed by atoms with Crippen LogP contribution in [0.3, 0.4) is 0 Å². The summed E-state index contributed by atoms with van der Waals surface area (Å²) in [5.41, 5.74) is -2.28. The van der Waals surface area contributed by atoms with Gasteiger partial charge in [0.1, 0.15) is 0 Å². The van der Waals surface area contributed by atoms with E-state index >= 15 is 0 Å². The Balaban J connectivity index is 2.22. The first kappa shape index (κ1) is 20.9. The molecule has 0 atom stereocenters. The van der Waals surface area contributed by atoms with Crippen LogP contribution in [0.4, 0.5) is 11.4 Å². The van der Waals surface area contributed by atoms with Gasteiger partial charge in [0.25, 0.3) is 31.4 Å². The van der Waals surface area contributed by atoms with Crippen LogP contribution >= 0.6 is 0 Å². The summed E-state index contributed by atoms with van der Waals surface area (Å²) in [4.78, 5) is 20.2. The van der Waals surface area contributed by atoms with Crippen LogP contribution in [0, 0.1) is 20.2 Å². The van der Waals surface area contributed by atoms with E-state index in [1.807, 2.05) is 0 Å². The Kier molecular flexibility index (Phi) is 4.30. The Morgan fingerprint density at radius 1 is 0.636 bits per heavy atom. The molecule has 0 unspecified atom stereocenters. The maximum Gasteiger partial charge on any atom is 0.290 e. The van der Waals surface area contributed by atoms with E-state index in [2.05, 4.69) is 0 Å². The molecule has 1 heterocycles. The summed E-state index contributed by atoms with van der Waals surface area (Å²) in [6.07, 6.45) is 0. The number of nitro benzene ring substituents is 2. The van der Waals surface area contributed by atoms with Gasteiger partial charge >= 0.3 is 0 Å². The second kappa shape index (κ2) is 6.78. The molecule has 0 spiro atoms. The quantitative estimate of drug-likeness (QED) is 0.333. The Labute approximate surface area is 185 Å². The summed E-state index contributed by atoms with van der Waals surface area (Å²) >= 11 is 0. The van der Waals surface area contributed by atoms with Crippen molar-refractivity contribution >= 4 is 53.0 Å². The lowest BCUT2D eigenvalue weighted by Crippen LogP contribution is -2.30. The highest BCUT2D eigenvalue weighted by Crippen LogP contribution is 2.50. The van der Waals surface area contributed by atoms with Crippen molar-refractivity contribution < 1.29 is 26.7 Å². The second-order valence-corrected chi connectivity index (χ2v) is 10.7. The third-order valence-electron chi connectivity index (χ3n) is 5.36. The summed E-state index contributed by atoms with van der Waals surface area (Å²) in [5.74, 6) is 0. The molecule has 0 saturated carbocycles. The molecular formula is C20H11N3O8S2. The van der Waals surface area contributed by atoms with Crippen LogP contribution in [0.25, 0.3) is 32.7 Å². The first-order chi connectivity index (χ1) is 15.5. The highest BCUT2D eigenvalue weighted by atomic mass is 32.3. The van der Waals surface area contributed by atoms with Gasteiger partial charge in [0.05, 0.1) is 9.85 Å². The number of nitrogens with one attached hydrogen (secondary N) is 1. The van der Waals surface area contributed by atoms with Crippen molar-refractivity contribution in [2.45, 2.75) is 9.79 Å². The lowest BCUT2D eigenvalue weighted by molar-refractivity contribution is -0.388. The van der Waals surface area contributed by atoms with Gasteiger partial charge in [0.15, 0.2) is 9.79 Å². The van der Waals surface area contributed by atoms with Gasteiger partial charge in [-0.3, -0.25) is 20.2 Å². The van der Waals surface area contributed by atoms with Crippen molar-refractivity contribution in [3.63, 3.8) is 0 Å². The van der Waals surface area contributed by atoms with Gasteiger partial charge in [-0.25, -0.2) is 16.8 Å². The van der Waals surface area contributed by atoms with Gasteiger partial charge in [-0.1, -0.05) is 48.5 Å². The third-order valence-corrected chi connectivity index (χ3v) is 9.02. The average molecular weight is 485 g/mol. The fourth-order valence-electron chi connectivity index (χ4n) is 4.17. The monoisotopic (exact) mass is 485 g/mol. The smallest absolute Gasteiger partial charge is 0.258 e. The number of fused-ring (bicyclic) bond motifs is 7. The number of hydrogen-bond donors (Lipinski definition) is 1. The lowest BCUT2D eigenvalue weighted by atomic mass is 9.92. The predicted octanol–water partition coefficient (Wildman–Crippen LogP) is 3.46. The summed E-state index contributed by atoms with van der Waals surface area (Å²) < 4.78 is 54.3. The fraction of sp³-hybridized carbons (Fsp3) is 0. The molecule has 33 heavy (non-hydrogen) atoms. The van der Waals surface area contributed by atoms with Crippen LogP contribution in [0.1, 0.15) is 0 Å². The zero-order chi connectivity index (χ0) is 23.7. The Bertz CT molecular complexity index is 1650. The van der Waals surface area contributed by atoms with Gasteiger partial charge in [0.2, 0.25) is 0 Å². The van der Waals surface area contributed by atoms with E-state index < -0.39 is 51.1 Å². The van der Waals surface area contributed by atoms with Crippen LogP contribution in [-0.4, -0.2) is 26.7 Å². The van der Waals surface area contributed by atoms with Crippen molar-refractivity contribution in [3.05, 3.63) is 80.9 Å². The van der Waals surface area contributed by atoms with E-state index in [9.17, 15) is 37.1 Å². The zero-order valence-corrected chi connectivity index (χ0v) is 17.9. The summed E-state index contributed by atoms with van der Waals surface area (Å²) in [7, 11) is -10.1. The maximum atomic E-state index is 13.2. The summed E-state index contributed by atoms with van der Waals surface area (Å²) in [6, 6.07) is 14.3. The molecule has 1 aliphatic rings. The molecule has 0 aliphatic carbocycles. The first-order valence-corrected chi connectivity index (χ1v) is 12.2. The third kappa shape index (κ3) is 2.97. The molecule has 0 aromatic heterocycles. The van der Waals surface area contributed by atoms with Gasteiger partial charge in [-0.2, -0.15) is 0 Å². The minimum absolute atomic E-state index is 0.187. The fourth-order valence-corrected chi connectivity index (χ4v) is 7.77. The van der Waals surface area contributed by atoms with Gasteiger partial charge in [-0.05, 0) is 21.5 Å². The molecule has 4 aromatic carbocycles. The van der Waals surface area contributed by atoms with Gasteiger partial charge in [0, 0.05) is 23.3 Å². The van der Waals surface area contributed by atoms with E-state index in [4.69, 9.17) is 0 Å². The van der Waals surface area contributed by atoms with Crippen LogP contribution in [0.2, 0.25) is 0 Å². The first-order valence-electron chi connectivity index (χ1n) is 9.22. The number of sulfonamides is 2. The predicted molar refractivity (Wildman–Crippen MR) is 118 cm³/mol. The van der Waals surface area contributed by atoms with Gasteiger partial charge in [-0.15, -0.1) is 4.13 Å². The van der Waals surface area contributed by atoms with Crippen LogP contribution < -0.4 is 4.13 Å². The molecule has 0 radical (unpaired) electrons. The number of rotatable bonds is 2. The molecule has 166 valence electrons. The van der Waals surface area contributed by atoms with E-state index in [0.29, 0.717) is 0 Å². The van der Waals surface area contributed by atoms with E-state index in [-0.39, 0.29) is 32.7 Å². The minimum Gasteiger partial charge on any atom is -0.258 e. The minimum atomic E-state index is -5.03. The topological polar surface area (TPSA) is 167 Å². The molecular weight excluding hydrogens is 474 g/mol. The number of benzene rings is 4. The lowest BCUT2D eigenvalue weighted by Gasteiger charge is -2.14. The highest BCUT2D eigenvalue weighted by molar-refractivity contribution is 8.05. The van der Waals surface area contributed by atoms with Crippen molar-refractivity contribution in [2.24, 2.45) is 0 Å². The standard InChI is InChI=1S/C20H11N3O8S2/c24-22(25)15-9-11-5-1-3-7-13(11)17-18-14-8-4-2-6-12(14)10-16(23(26)27)20(18)33(30,31)21-32(28,29)19(15)17/h1-10,21H. The van der Waals surface area contributed by atoms with Crippen LogP contribution in [0.15, 0.2) is 70.5 Å². The molecule has 0 bridgehead atoms. The Morgan fingerprint density at radius 3 is 1.36 bits per heavy atom. The van der Waals surface area contributed by atoms with Crippen molar-refractivity contribution in [2.75, 3.05) is 0 Å². The van der Waals surface area contributed by atoms with Crippen molar-refractivity contribution in [3.8, 4) is 11.1 Å². The Morgan fingerprint density at radius 2 is 1.00 bits per heavy atom. The highest BCUT2D eigenvalue weighted by Gasteiger charge is 2.44. The molecule has 0 amide bonds. The van der Waals surface area contributed by atoms with E-state index in [1.165, 1.54) is 28.4 Å². The number of nitro groups is 2. The molecule has 1 aliphatic heterocycles. The molecule has 0 fully saturated rings. The SMILES string of the molecule is O=[N+]([O-])c1cc2ccccc2c2c1S(=O)(=O)NS(=O)(=O)c1c([N+](=O)[O-])cc3ccccc3c1-2. The zero-order valence-electron chi connectivity index (χ0n) is 16.3. The van der Waals surface area contributed by atoms with Crippen molar-refractivity contribution in [1.82, 2.24) is 4.13 Å². The molecule has 13 heteroatoms. The largest absolute Gasteiger partial charge is 0.290 e. The summed E-state index contributed by atoms with van der Waals surface area (Å²) in [6.45, 7) is 0. The summed E-state index contributed by atoms with van der Waals surface area (Å²) in [5, 5.41) is 24.7. The molecule has 5 rings (SSSR count). The number of hydrogen-bond acceptors (Lipinski definition) is 8. The van der Waals surface area contributed by atoms with Crippen LogP contribution in [0.5, 0.6) is 0 Å². The van der Waals surface area contributed by atoms with E-state index in [1.54, 1.807) is 24.3 Å². The van der Waals surface area contributed by atoms with Crippen LogP contribution in [-0.2, 0) is 20.0 Å². The van der Waals surface area contributed by atoms with E-state index in [0.717, 1.165) is 12.1 Å². The van der Waals surface area contributed by atoms with Gasteiger partial charge < -0.3 is 0 Å². The average Bonchev–Trinajstić information content (AvgIpc) is 2.82.